The highest BCUT2D eigenvalue weighted by Crippen LogP contribution is 2.16. The Kier molecular flexibility index (Phi) is 2.83. The molecule has 4 heteroatoms. The van der Waals surface area contributed by atoms with Gasteiger partial charge in [-0.15, -0.1) is 0 Å². The molecule has 0 bridgehead atoms. The predicted molar refractivity (Wildman–Crippen MR) is 53.6 cm³/mol. The summed E-state index contributed by atoms with van der Waals surface area (Å²) in [6.07, 6.45) is 2.31. The zero-order chi connectivity index (χ0) is 9.26. The van der Waals surface area contributed by atoms with Crippen molar-refractivity contribution < 1.29 is 0 Å². The molecule has 0 aromatic heterocycles. The summed E-state index contributed by atoms with van der Waals surface area (Å²) in [4.78, 5) is 0. The van der Waals surface area contributed by atoms with E-state index in [1.54, 1.807) is 0 Å². The minimum absolute atomic E-state index is 0.341. The zero-order valence-electron chi connectivity index (χ0n) is 8.22. The smallest absolute Gasteiger partial charge is 0.0374 e. The number of nitrogens with one attached hydrogen (secondary N) is 3. The molecule has 2 aliphatic heterocycles. The Bertz CT molecular complexity index is 173. The van der Waals surface area contributed by atoms with Crippen molar-refractivity contribution in [1.29, 1.82) is 0 Å². The summed E-state index contributed by atoms with van der Waals surface area (Å²) >= 11 is 0. The number of rotatable bonds is 2. The van der Waals surface area contributed by atoms with E-state index in [1.807, 2.05) is 7.05 Å². The second-order valence-electron chi connectivity index (χ2n) is 4.17. The average Bonchev–Trinajstić information content (AvgIpc) is 2.71. The maximum Gasteiger partial charge on any atom is 0.0374 e. The maximum atomic E-state index is 6.02. The van der Waals surface area contributed by atoms with E-state index in [9.17, 15) is 0 Å². The third-order valence-electron chi connectivity index (χ3n) is 3.33. The molecule has 0 aromatic carbocycles. The van der Waals surface area contributed by atoms with Crippen LogP contribution < -0.4 is 21.7 Å². The lowest BCUT2D eigenvalue weighted by Gasteiger charge is -2.23. The monoisotopic (exact) mass is 184 g/mol. The van der Waals surface area contributed by atoms with Crippen molar-refractivity contribution in [2.45, 2.75) is 37.0 Å². The first-order chi connectivity index (χ1) is 6.31. The summed E-state index contributed by atoms with van der Waals surface area (Å²) in [6, 6.07) is 2.01. The van der Waals surface area contributed by atoms with Crippen LogP contribution in [-0.2, 0) is 0 Å². The van der Waals surface area contributed by atoms with Crippen LogP contribution in [-0.4, -0.2) is 44.3 Å². The lowest BCUT2D eigenvalue weighted by molar-refractivity contribution is 0.410. The van der Waals surface area contributed by atoms with Crippen molar-refractivity contribution >= 4 is 0 Å². The Hall–Kier alpha value is -0.160. The molecule has 76 valence electrons. The molecule has 0 amide bonds. The quantitative estimate of drug-likeness (QED) is 0.427. The van der Waals surface area contributed by atoms with Gasteiger partial charge in [0.05, 0.1) is 0 Å². The van der Waals surface area contributed by atoms with Crippen molar-refractivity contribution in [3.8, 4) is 0 Å². The highest BCUT2D eigenvalue weighted by molar-refractivity contribution is 5.00. The highest BCUT2D eigenvalue weighted by Gasteiger charge is 2.35. The second-order valence-corrected chi connectivity index (χ2v) is 4.17. The molecule has 4 nitrogen and oxygen atoms in total. The third kappa shape index (κ3) is 1.86. The first kappa shape index (κ1) is 9.40. The second kappa shape index (κ2) is 3.92. The minimum Gasteiger partial charge on any atom is -0.326 e. The van der Waals surface area contributed by atoms with Crippen molar-refractivity contribution in [2.24, 2.45) is 5.73 Å². The normalized spacial score (nSPS) is 45.7. The molecule has 0 aliphatic carbocycles. The van der Waals surface area contributed by atoms with Crippen LogP contribution in [0.5, 0.6) is 0 Å². The summed E-state index contributed by atoms with van der Waals surface area (Å²) in [7, 11) is 2.02. The average molecular weight is 184 g/mol. The van der Waals surface area contributed by atoms with Gasteiger partial charge >= 0.3 is 0 Å². The standard InChI is InChI=1S/C9H20N4/c1-11-6-4-8(13-5-6)9-7(10)2-3-12-9/h6-9,11-13H,2-5,10H2,1H3/t6-,7+,8?,9?/m1/s1. The molecule has 2 saturated heterocycles. The molecule has 2 aliphatic rings. The summed E-state index contributed by atoms with van der Waals surface area (Å²) in [6.45, 7) is 2.15. The van der Waals surface area contributed by atoms with Gasteiger partial charge in [-0.1, -0.05) is 0 Å². The largest absolute Gasteiger partial charge is 0.326 e. The summed E-state index contributed by atoms with van der Waals surface area (Å²) < 4.78 is 0. The van der Waals surface area contributed by atoms with Crippen LogP contribution in [0.1, 0.15) is 12.8 Å². The Morgan fingerprint density at radius 2 is 2.23 bits per heavy atom. The van der Waals surface area contributed by atoms with Crippen molar-refractivity contribution in [1.82, 2.24) is 16.0 Å². The molecule has 0 spiro atoms. The van der Waals surface area contributed by atoms with E-state index in [2.05, 4.69) is 16.0 Å². The topological polar surface area (TPSA) is 62.1 Å². The Balaban J connectivity index is 1.88. The van der Waals surface area contributed by atoms with Gasteiger partial charge in [0.15, 0.2) is 0 Å². The molecule has 4 atom stereocenters. The van der Waals surface area contributed by atoms with Gasteiger partial charge in [-0.2, -0.15) is 0 Å². The van der Waals surface area contributed by atoms with Gasteiger partial charge in [0.25, 0.3) is 0 Å². The van der Waals surface area contributed by atoms with Crippen molar-refractivity contribution in [3.05, 3.63) is 0 Å². The fraction of sp³-hybridized carbons (Fsp3) is 1.00. The number of likely N-dealkylation sites (N-methyl/N-ethyl adjacent to an activating group) is 1. The Morgan fingerprint density at radius 3 is 2.77 bits per heavy atom. The SMILES string of the molecule is CN[C@H]1CNC(C2NCC[C@@H]2N)C1. The Labute approximate surface area is 79.6 Å². The first-order valence-corrected chi connectivity index (χ1v) is 5.21. The van der Waals surface area contributed by atoms with Crippen LogP contribution in [0.4, 0.5) is 0 Å². The minimum atomic E-state index is 0.341. The van der Waals surface area contributed by atoms with Crippen LogP contribution in [0.2, 0.25) is 0 Å². The highest BCUT2D eigenvalue weighted by atomic mass is 15.1. The van der Waals surface area contributed by atoms with Crippen molar-refractivity contribution in [3.63, 3.8) is 0 Å². The van der Waals surface area contributed by atoms with Crippen LogP contribution in [0, 0.1) is 0 Å². The molecule has 2 fully saturated rings. The molecule has 2 rings (SSSR count). The number of hydrogen-bond acceptors (Lipinski definition) is 4. The fourth-order valence-corrected chi connectivity index (χ4v) is 2.45. The summed E-state index contributed by atoms with van der Waals surface area (Å²) in [5, 5.41) is 10.3. The van der Waals surface area contributed by atoms with Crippen LogP contribution in [0.15, 0.2) is 0 Å². The van der Waals surface area contributed by atoms with Crippen LogP contribution in [0.3, 0.4) is 0 Å². The van der Waals surface area contributed by atoms with E-state index in [0.717, 1.165) is 19.5 Å². The number of hydrogen-bond donors (Lipinski definition) is 4. The van der Waals surface area contributed by atoms with Gasteiger partial charge in [0.2, 0.25) is 0 Å². The van der Waals surface area contributed by atoms with Gasteiger partial charge in [-0.05, 0) is 26.4 Å². The van der Waals surface area contributed by atoms with E-state index in [0.29, 0.717) is 24.2 Å². The van der Waals surface area contributed by atoms with Gasteiger partial charge in [0.1, 0.15) is 0 Å². The van der Waals surface area contributed by atoms with E-state index >= 15 is 0 Å². The van der Waals surface area contributed by atoms with Gasteiger partial charge < -0.3 is 21.7 Å². The van der Waals surface area contributed by atoms with Gasteiger partial charge in [-0.3, -0.25) is 0 Å². The molecule has 5 N–H and O–H groups in total. The van der Waals surface area contributed by atoms with Gasteiger partial charge in [-0.25, -0.2) is 0 Å². The van der Waals surface area contributed by atoms with Crippen molar-refractivity contribution in [2.75, 3.05) is 20.1 Å². The predicted octanol–water partition coefficient (Wildman–Crippen LogP) is -1.37. The summed E-state index contributed by atoms with van der Waals surface area (Å²) in [5.41, 5.74) is 6.02. The lowest BCUT2D eigenvalue weighted by atomic mass is 10.00. The zero-order valence-corrected chi connectivity index (χ0v) is 8.22. The molecular weight excluding hydrogens is 164 g/mol. The molecule has 0 aromatic rings. The Morgan fingerprint density at radius 1 is 1.38 bits per heavy atom. The molecule has 0 saturated carbocycles. The molecule has 2 unspecified atom stereocenters. The van der Waals surface area contributed by atoms with E-state index in [-0.39, 0.29) is 0 Å². The third-order valence-corrected chi connectivity index (χ3v) is 3.33. The van der Waals surface area contributed by atoms with E-state index in [1.165, 1.54) is 6.42 Å². The lowest BCUT2D eigenvalue weighted by Crippen LogP contribution is -2.49. The summed E-state index contributed by atoms with van der Waals surface area (Å²) in [5.74, 6) is 0. The van der Waals surface area contributed by atoms with Crippen LogP contribution in [0.25, 0.3) is 0 Å². The molecule has 2 heterocycles. The van der Waals surface area contributed by atoms with E-state index < -0.39 is 0 Å². The molecule has 13 heavy (non-hydrogen) atoms. The first-order valence-electron chi connectivity index (χ1n) is 5.21. The molecular formula is C9H20N4. The fourth-order valence-electron chi connectivity index (χ4n) is 2.45. The van der Waals surface area contributed by atoms with Crippen LogP contribution >= 0.6 is 0 Å². The maximum absolute atomic E-state index is 6.02. The number of nitrogens with two attached hydrogens (primary N) is 1. The van der Waals surface area contributed by atoms with E-state index in [4.69, 9.17) is 5.73 Å². The molecule has 0 radical (unpaired) electrons. The van der Waals surface area contributed by atoms with Gasteiger partial charge in [0, 0.05) is 30.7 Å².